The third-order valence-electron chi connectivity index (χ3n) is 5.02. The lowest BCUT2D eigenvalue weighted by Gasteiger charge is -2.07. The zero-order chi connectivity index (χ0) is 22.1. The molecule has 0 fully saturated rings. The van der Waals surface area contributed by atoms with Crippen LogP contribution < -0.4 is 5.73 Å². The summed E-state index contributed by atoms with van der Waals surface area (Å²) in [5.41, 5.74) is 6.60. The number of primary amides is 1. The van der Waals surface area contributed by atoms with Crippen molar-refractivity contribution < 1.29 is 18.4 Å². The summed E-state index contributed by atoms with van der Waals surface area (Å²) in [5.74, 6) is -4.37. The maximum atomic E-state index is 14.7. The molecule has 0 atom stereocenters. The van der Waals surface area contributed by atoms with E-state index in [4.69, 9.17) is 5.73 Å². The SMILES string of the molecule is CCCc1ccc(-c2cnc3[nH]cc(C(=O)c4c(F)ccc(C(N)=O)c4F)c3c2)cn1. The highest BCUT2D eigenvalue weighted by Crippen LogP contribution is 2.28. The minimum absolute atomic E-state index is 0.0272. The first-order valence-corrected chi connectivity index (χ1v) is 9.65. The molecular formula is C23H18F2N4O2. The molecule has 6 nitrogen and oxygen atoms in total. The summed E-state index contributed by atoms with van der Waals surface area (Å²) >= 11 is 0. The van der Waals surface area contributed by atoms with Crippen molar-refractivity contribution >= 4 is 22.7 Å². The number of ketones is 1. The highest BCUT2D eigenvalue weighted by Gasteiger charge is 2.25. The number of hydrogen-bond acceptors (Lipinski definition) is 4. The number of aromatic amines is 1. The minimum atomic E-state index is -1.29. The summed E-state index contributed by atoms with van der Waals surface area (Å²) in [5, 5.41) is 0.392. The number of halogens is 2. The number of aryl methyl sites for hydroxylation is 1. The first-order valence-electron chi connectivity index (χ1n) is 9.65. The fourth-order valence-electron chi connectivity index (χ4n) is 3.43. The van der Waals surface area contributed by atoms with E-state index >= 15 is 0 Å². The molecule has 0 aliphatic carbocycles. The van der Waals surface area contributed by atoms with Gasteiger partial charge in [-0.1, -0.05) is 19.4 Å². The highest BCUT2D eigenvalue weighted by atomic mass is 19.1. The van der Waals surface area contributed by atoms with Gasteiger partial charge in [-0.3, -0.25) is 14.6 Å². The molecule has 3 N–H and O–H groups in total. The molecule has 0 spiro atoms. The molecule has 0 bridgehead atoms. The number of benzene rings is 1. The number of pyridine rings is 2. The number of nitrogens with one attached hydrogen (secondary N) is 1. The third kappa shape index (κ3) is 3.68. The van der Waals surface area contributed by atoms with Crippen LogP contribution in [0.2, 0.25) is 0 Å². The molecule has 8 heteroatoms. The van der Waals surface area contributed by atoms with Gasteiger partial charge in [0.2, 0.25) is 5.78 Å². The number of carbonyl (C=O) groups excluding carboxylic acids is 2. The molecule has 0 unspecified atom stereocenters. The second kappa shape index (κ2) is 8.06. The topological polar surface area (TPSA) is 102 Å². The average Bonchev–Trinajstić information content (AvgIpc) is 3.17. The van der Waals surface area contributed by atoms with Crippen molar-refractivity contribution in [1.29, 1.82) is 0 Å². The van der Waals surface area contributed by atoms with Crippen molar-refractivity contribution in [2.24, 2.45) is 5.73 Å². The standard InChI is InChI=1S/C23H18F2N4O2/c1-2-3-14-5-4-12(9-27-14)13-8-16-17(11-29-23(16)28-10-13)21(30)19-18(24)7-6-15(20(19)25)22(26)31/h4-11H,2-3H2,1H3,(H2,26,31)(H,28,29). The van der Waals surface area contributed by atoms with Crippen LogP contribution in [-0.2, 0) is 6.42 Å². The Labute approximate surface area is 176 Å². The third-order valence-corrected chi connectivity index (χ3v) is 5.02. The normalized spacial score (nSPS) is 11.1. The van der Waals surface area contributed by atoms with Gasteiger partial charge in [0.05, 0.1) is 11.1 Å². The fraction of sp³-hybridized carbons (Fsp3) is 0.130. The van der Waals surface area contributed by atoms with E-state index in [1.54, 1.807) is 18.5 Å². The summed E-state index contributed by atoms with van der Waals surface area (Å²) in [6, 6.07) is 7.29. The zero-order valence-electron chi connectivity index (χ0n) is 16.6. The fourth-order valence-corrected chi connectivity index (χ4v) is 3.43. The number of carbonyl (C=O) groups is 2. The molecule has 3 heterocycles. The quantitative estimate of drug-likeness (QED) is 0.457. The molecule has 1 amide bonds. The molecule has 4 aromatic rings. The molecule has 156 valence electrons. The van der Waals surface area contributed by atoms with Crippen molar-refractivity contribution in [1.82, 2.24) is 15.0 Å². The number of hydrogen-bond donors (Lipinski definition) is 2. The van der Waals surface area contributed by atoms with Gasteiger partial charge in [0.1, 0.15) is 17.3 Å². The van der Waals surface area contributed by atoms with Gasteiger partial charge in [-0.15, -0.1) is 0 Å². The van der Waals surface area contributed by atoms with Crippen LogP contribution in [-0.4, -0.2) is 26.6 Å². The zero-order valence-corrected chi connectivity index (χ0v) is 16.6. The van der Waals surface area contributed by atoms with Gasteiger partial charge in [-0.2, -0.15) is 0 Å². The summed E-state index contributed by atoms with van der Waals surface area (Å²) in [4.78, 5) is 36.0. The molecule has 31 heavy (non-hydrogen) atoms. The number of fused-ring (bicyclic) bond motifs is 1. The number of H-pyrrole nitrogens is 1. The van der Waals surface area contributed by atoms with Crippen molar-refractivity contribution in [2.75, 3.05) is 0 Å². The summed E-state index contributed by atoms with van der Waals surface area (Å²) in [6.07, 6.45) is 6.53. The van der Waals surface area contributed by atoms with Gasteiger partial charge in [-0.05, 0) is 30.7 Å². The van der Waals surface area contributed by atoms with Crippen molar-refractivity contribution in [3.05, 3.63) is 82.9 Å². The van der Waals surface area contributed by atoms with Gasteiger partial charge < -0.3 is 10.7 Å². The van der Waals surface area contributed by atoms with Crippen LogP contribution in [0.4, 0.5) is 8.78 Å². The van der Waals surface area contributed by atoms with E-state index in [0.29, 0.717) is 16.6 Å². The van der Waals surface area contributed by atoms with Gasteiger partial charge >= 0.3 is 0 Å². The van der Waals surface area contributed by atoms with Crippen molar-refractivity contribution in [3.63, 3.8) is 0 Å². The smallest absolute Gasteiger partial charge is 0.251 e. The maximum absolute atomic E-state index is 14.7. The van der Waals surface area contributed by atoms with E-state index in [1.165, 1.54) is 6.20 Å². The Morgan fingerprint density at radius 2 is 1.81 bits per heavy atom. The minimum Gasteiger partial charge on any atom is -0.366 e. The summed E-state index contributed by atoms with van der Waals surface area (Å²) in [6.45, 7) is 2.07. The van der Waals surface area contributed by atoms with E-state index in [-0.39, 0.29) is 5.56 Å². The molecule has 3 aromatic heterocycles. The van der Waals surface area contributed by atoms with Crippen molar-refractivity contribution in [2.45, 2.75) is 19.8 Å². The number of nitrogens with two attached hydrogens (primary N) is 1. The van der Waals surface area contributed by atoms with Crippen LogP contribution in [0, 0.1) is 11.6 Å². The van der Waals surface area contributed by atoms with E-state index < -0.39 is 34.5 Å². The average molecular weight is 420 g/mol. The number of rotatable bonds is 6. The Bertz CT molecular complexity index is 1310. The van der Waals surface area contributed by atoms with Gasteiger partial charge in [0, 0.05) is 46.4 Å². The van der Waals surface area contributed by atoms with Gasteiger partial charge in [0.25, 0.3) is 5.91 Å². The lowest BCUT2D eigenvalue weighted by Crippen LogP contribution is -2.17. The first-order chi connectivity index (χ1) is 14.9. The molecular weight excluding hydrogens is 402 g/mol. The van der Waals surface area contributed by atoms with Gasteiger partial charge in [-0.25, -0.2) is 13.8 Å². The van der Waals surface area contributed by atoms with E-state index in [9.17, 15) is 18.4 Å². The number of nitrogens with zero attached hydrogens (tertiary/aromatic N) is 2. The molecule has 0 saturated heterocycles. The lowest BCUT2D eigenvalue weighted by molar-refractivity contribution is 0.0996. The lowest BCUT2D eigenvalue weighted by atomic mass is 9.98. The molecule has 4 rings (SSSR count). The number of amides is 1. The predicted molar refractivity (Wildman–Crippen MR) is 112 cm³/mol. The Kier molecular flexibility index (Phi) is 5.29. The molecule has 0 saturated carbocycles. The molecule has 0 aliphatic rings. The molecule has 0 aliphatic heterocycles. The van der Waals surface area contributed by atoms with Crippen LogP contribution >= 0.6 is 0 Å². The monoisotopic (exact) mass is 420 g/mol. The van der Waals surface area contributed by atoms with E-state index in [1.807, 2.05) is 12.1 Å². The first kappa shape index (κ1) is 20.3. The van der Waals surface area contributed by atoms with Crippen LogP contribution in [0.5, 0.6) is 0 Å². The predicted octanol–water partition coefficient (Wildman–Crippen LogP) is 4.19. The highest BCUT2D eigenvalue weighted by molar-refractivity contribution is 6.17. The molecule has 0 radical (unpaired) electrons. The van der Waals surface area contributed by atoms with Crippen LogP contribution in [0.3, 0.4) is 0 Å². The van der Waals surface area contributed by atoms with Crippen molar-refractivity contribution in [3.8, 4) is 11.1 Å². The van der Waals surface area contributed by atoms with E-state index in [2.05, 4.69) is 21.9 Å². The maximum Gasteiger partial charge on any atom is 0.251 e. The van der Waals surface area contributed by atoms with Crippen LogP contribution in [0.25, 0.3) is 22.2 Å². The molecule has 1 aromatic carbocycles. The Morgan fingerprint density at radius 3 is 2.48 bits per heavy atom. The summed E-state index contributed by atoms with van der Waals surface area (Å²) < 4.78 is 29.0. The Morgan fingerprint density at radius 1 is 1.03 bits per heavy atom. The largest absolute Gasteiger partial charge is 0.366 e. The van der Waals surface area contributed by atoms with Crippen LogP contribution in [0.1, 0.15) is 45.3 Å². The second-order valence-corrected chi connectivity index (χ2v) is 7.09. The second-order valence-electron chi connectivity index (χ2n) is 7.09. The Hall–Kier alpha value is -3.94. The van der Waals surface area contributed by atoms with Gasteiger partial charge in [0.15, 0.2) is 0 Å². The van der Waals surface area contributed by atoms with Crippen LogP contribution in [0.15, 0.2) is 48.9 Å². The summed E-state index contributed by atoms with van der Waals surface area (Å²) in [7, 11) is 0. The van der Waals surface area contributed by atoms with E-state index in [0.717, 1.165) is 36.2 Å². The Balaban J connectivity index is 1.79. The number of aromatic nitrogens is 3.